The highest BCUT2D eigenvalue weighted by Gasteiger charge is 2.11. The van der Waals surface area contributed by atoms with E-state index in [1.165, 1.54) is 0 Å². The van der Waals surface area contributed by atoms with E-state index in [0.29, 0.717) is 17.2 Å². The van der Waals surface area contributed by atoms with Gasteiger partial charge in [-0.3, -0.25) is 4.79 Å². The standard InChI is InChI=1S/C23H22IN3O2/c1-15(2)11-20-23(27-22(29)12-16-5-9-19(24)10-6-16)25-13-21(26-20)18-7-3-17(14-28)4-8-18/h3-11,13,28H,12,14H2,1-2H3,(H,25,27,29). The van der Waals surface area contributed by atoms with Crippen molar-refractivity contribution in [1.29, 1.82) is 0 Å². The van der Waals surface area contributed by atoms with Crippen LogP contribution in [0.2, 0.25) is 0 Å². The molecule has 0 spiro atoms. The molecule has 1 amide bonds. The molecule has 0 unspecified atom stereocenters. The first kappa shape index (κ1) is 21.1. The molecule has 3 rings (SSSR count). The van der Waals surface area contributed by atoms with Crippen molar-refractivity contribution in [3.8, 4) is 11.3 Å². The molecule has 148 valence electrons. The van der Waals surface area contributed by atoms with Crippen molar-refractivity contribution in [2.24, 2.45) is 0 Å². The molecule has 0 aliphatic rings. The minimum absolute atomic E-state index is 0.000505. The van der Waals surface area contributed by atoms with Crippen molar-refractivity contribution in [3.63, 3.8) is 0 Å². The van der Waals surface area contributed by atoms with E-state index in [4.69, 9.17) is 4.98 Å². The molecule has 0 saturated heterocycles. The Morgan fingerprint density at radius 3 is 2.34 bits per heavy atom. The summed E-state index contributed by atoms with van der Waals surface area (Å²) in [5.74, 6) is 0.307. The second-order valence-corrected chi connectivity index (χ2v) is 8.16. The predicted molar refractivity (Wildman–Crippen MR) is 124 cm³/mol. The van der Waals surface area contributed by atoms with Crippen molar-refractivity contribution in [1.82, 2.24) is 9.97 Å². The number of benzene rings is 2. The van der Waals surface area contributed by atoms with Gasteiger partial charge < -0.3 is 10.4 Å². The van der Waals surface area contributed by atoms with Crippen LogP contribution < -0.4 is 5.32 Å². The highest BCUT2D eigenvalue weighted by molar-refractivity contribution is 14.1. The van der Waals surface area contributed by atoms with Crippen molar-refractivity contribution in [2.75, 3.05) is 5.32 Å². The van der Waals surface area contributed by atoms with E-state index < -0.39 is 0 Å². The fraction of sp³-hybridized carbons (Fsp3) is 0.174. The van der Waals surface area contributed by atoms with Crippen LogP contribution in [0.25, 0.3) is 17.3 Å². The molecule has 0 fully saturated rings. The van der Waals surface area contributed by atoms with Crippen LogP contribution in [0.5, 0.6) is 0 Å². The SMILES string of the molecule is CC(C)=Cc1nc(-c2ccc(CO)cc2)cnc1NC(=O)Cc1ccc(I)cc1. The topological polar surface area (TPSA) is 75.1 Å². The predicted octanol–water partition coefficient (Wildman–Crippen LogP) is 4.84. The summed E-state index contributed by atoms with van der Waals surface area (Å²) in [6, 6.07) is 15.4. The maximum Gasteiger partial charge on any atom is 0.230 e. The molecular weight excluding hydrogens is 477 g/mol. The molecule has 0 saturated carbocycles. The Morgan fingerprint density at radius 1 is 1.07 bits per heavy atom. The lowest BCUT2D eigenvalue weighted by atomic mass is 10.1. The van der Waals surface area contributed by atoms with Crippen molar-refractivity contribution >= 4 is 40.4 Å². The number of halogens is 1. The fourth-order valence-electron chi connectivity index (χ4n) is 2.76. The number of aliphatic hydroxyl groups is 1. The zero-order valence-corrected chi connectivity index (χ0v) is 18.5. The summed E-state index contributed by atoms with van der Waals surface area (Å²) in [6.07, 6.45) is 3.83. The van der Waals surface area contributed by atoms with Crippen LogP contribution in [0.15, 0.2) is 60.3 Å². The van der Waals surface area contributed by atoms with E-state index in [1.54, 1.807) is 6.20 Å². The minimum Gasteiger partial charge on any atom is -0.392 e. The van der Waals surface area contributed by atoms with Crippen LogP contribution in [0, 0.1) is 3.57 Å². The Kier molecular flexibility index (Phi) is 7.11. The quantitative estimate of drug-likeness (QED) is 0.476. The first-order chi connectivity index (χ1) is 13.9. The minimum atomic E-state index is -0.135. The van der Waals surface area contributed by atoms with Gasteiger partial charge in [0, 0.05) is 9.13 Å². The lowest BCUT2D eigenvalue weighted by Crippen LogP contribution is -2.16. The van der Waals surface area contributed by atoms with Gasteiger partial charge in [0.1, 0.15) is 5.69 Å². The Hall–Kier alpha value is -2.58. The van der Waals surface area contributed by atoms with Gasteiger partial charge in [0.25, 0.3) is 0 Å². The van der Waals surface area contributed by atoms with Crippen molar-refractivity contribution < 1.29 is 9.90 Å². The van der Waals surface area contributed by atoms with Gasteiger partial charge in [0.15, 0.2) is 5.82 Å². The average Bonchev–Trinajstić information content (AvgIpc) is 2.71. The number of nitrogens with zero attached hydrogens (tertiary/aromatic N) is 2. The van der Waals surface area contributed by atoms with E-state index in [0.717, 1.165) is 25.8 Å². The van der Waals surface area contributed by atoms with Crippen LogP contribution in [-0.2, 0) is 17.8 Å². The summed E-state index contributed by atoms with van der Waals surface area (Å²) in [6.45, 7) is 3.95. The second kappa shape index (κ2) is 9.76. The van der Waals surface area contributed by atoms with Gasteiger partial charge in [-0.15, -0.1) is 0 Å². The number of hydrogen-bond acceptors (Lipinski definition) is 4. The van der Waals surface area contributed by atoms with Gasteiger partial charge in [0.2, 0.25) is 5.91 Å². The van der Waals surface area contributed by atoms with E-state index in [1.807, 2.05) is 68.5 Å². The van der Waals surface area contributed by atoms with Crippen LogP contribution in [-0.4, -0.2) is 21.0 Å². The average molecular weight is 499 g/mol. The Morgan fingerprint density at radius 2 is 1.72 bits per heavy atom. The molecule has 0 bridgehead atoms. The lowest BCUT2D eigenvalue weighted by molar-refractivity contribution is -0.115. The van der Waals surface area contributed by atoms with Crippen LogP contribution in [0.3, 0.4) is 0 Å². The maximum atomic E-state index is 12.5. The van der Waals surface area contributed by atoms with E-state index in [-0.39, 0.29) is 18.9 Å². The third-order valence-corrected chi connectivity index (χ3v) is 4.91. The number of rotatable bonds is 6. The zero-order valence-electron chi connectivity index (χ0n) is 16.3. The summed E-state index contributed by atoms with van der Waals surface area (Å²) in [4.78, 5) is 21.7. The number of hydrogen-bond donors (Lipinski definition) is 2. The molecule has 0 radical (unpaired) electrons. The molecule has 2 aromatic carbocycles. The van der Waals surface area contributed by atoms with Crippen LogP contribution in [0.4, 0.5) is 5.82 Å². The third-order valence-electron chi connectivity index (χ3n) is 4.19. The molecule has 2 N–H and O–H groups in total. The fourth-order valence-corrected chi connectivity index (χ4v) is 3.12. The van der Waals surface area contributed by atoms with Crippen molar-refractivity contribution in [2.45, 2.75) is 26.9 Å². The Bertz CT molecular complexity index is 1020. The Balaban J connectivity index is 1.84. The molecule has 3 aromatic rings. The number of carbonyl (C=O) groups excluding carboxylic acids is 1. The number of aromatic nitrogens is 2. The summed E-state index contributed by atoms with van der Waals surface area (Å²) < 4.78 is 1.13. The number of aliphatic hydroxyl groups excluding tert-OH is 1. The van der Waals surface area contributed by atoms with E-state index >= 15 is 0 Å². The normalized spacial score (nSPS) is 10.5. The number of amides is 1. The monoisotopic (exact) mass is 499 g/mol. The summed E-state index contributed by atoms with van der Waals surface area (Å²) in [7, 11) is 0. The van der Waals surface area contributed by atoms with E-state index in [9.17, 15) is 9.90 Å². The number of allylic oxidation sites excluding steroid dienone is 1. The lowest BCUT2D eigenvalue weighted by Gasteiger charge is -2.10. The number of carbonyl (C=O) groups is 1. The molecule has 1 heterocycles. The van der Waals surface area contributed by atoms with Crippen molar-refractivity contribution in [3.05, 3.63) is 80.7 Å². The van der Waals surface area contributed by atoms with Gasteiger partial charge in [-0.05, 0) is 65.8 Å². The summed E-state index contributed by atoms with van der Waals surface area (Å²) in [5, 5.41) is 12.1. The number of anilines is 1. The highest BCUT2D eigenvalue weighted by Crippen LogP contribution is 2.22. The molecular formula is C23H22IN3O2. The Labute approximate surface area is 184 Å². The molecule has 29 heavy (non-hydrogen) atoms. The molecule has 0 aliphatic carbocycles. The van der Waals surface area contributed by atoms with Gasteiger partial charge in [-0.2, -0.15) is 0 Å². The molecule has 0 atom stereocenters. The van der Waals surface area contributed by atoms with Gasteiger partial charge in [0.05, 0.1) is 24.9 Å². The largest absolute Gasteiger partial charge is 0.392 e. The van der Waals surface area contributed by atoms with E-state index in [2.05, 4.69) is 32.9 Å². The molecule has 6 heteroatoms. The van der Waals surface area contributed by atoms with Gasteiger partial charge >= 0.3 is 0 Å². The molecule has 5 nitrogen and oxygen atoms in total. The smallest absolute Gasteiger partial charge is 0.230 e. The van der Waals surface area contributed by atoms with Crippen LogP contribution in [0.1, 0.15) is 30.7 Å². The second-order valence-electron chi connectivity index (χ2n) is 6.92. The summed E-state index contributed by atoms with van der Waals surface area (Å²) >= 11 is 2.24. The summed E-state index contributed by atoms with van der Waals surface area (Å²) in [5.41, 5.74) is 5.06. The molecule has 0 aliphatic heterocycles. The first-order valence-corrected chi connectivity index (χ1v) is 10.3. The maximum absolute atomic E-state index is 12.5. The molecule has 1 aromatic heterocycles. The first-order valence-electron chi connectivity index (χ1n) is 9.21. The zero-order chi connectivity index (χ0) is 20.8. The van der Waals surface area contributed by atoms with Crippen LogP contribution >= 0.6 is 22.6 Å². The number of nitrogens with one attached hydrogen (secondary N) is 1. The third kappa shape index (κ3) is 5.95. The highest BCUT2D eigenvalue weighted by atomic mass is 127. The van der Waals surface area contributed by atoms with Gasteiger partial charge in [-0.1, -0.05) is 42.0 Å². The van der Waals surface area contributed by atoms with Gasteiger partial charge in [-0.25, -0.2) is 9.97 Å².